The molecule has 1 aromatic carbocycles. The molecule has 16 heteroatoms. The lowest BCUT2D eigenvalue weighted by Gasteiger charge is -2.42. The van der Waals surface area contributed by atoms with E-state index in [0.29, 0.717) is 48.0 Å². The van der Waals surface area contributed by atoms with Crippen LogP contribution >= 0.6 is 11.3 Å². The molecule has 1 N–H and O–H groups in total. The number of aromatic nitrogens is 9. The van der Waals surface area contributed by atoms with Crippen LogP contribution in [0.4, 0.5) is 11.6 Å². The van der Waals surface area contributed by atoms with E-state index >= 15 is 0 Å². The van der Waals surface area contributed by atoms with Gasteiger partial charge in [0, 0.05) is 48.7 Å². The minimum absolute atomic E-state index is 0.268. The summed E-state index contributed by atoms with van der Waals surface area (Å²) >= 11 is 1.54. The molecule has 0 amide bonds. The number of rotatable bonds is 12. The second-order valence-corrected chi connectivity index (χ2v) is 13.9. The van der Waals surface area contributed by atoms with Crippen LogP contribution in [-0.2, 0) is 17.9 Å². The van der Waals surface area contributed by atoms with Gasteiger partial charge in [0.2, 0.25) is 5.95 Å². The lowest BCUT2D eigenvalue weighted by Crippen LogP contribution is -2.51. The number of benzene rings is 1. The van der Waals surface area contributed by atoms with Gasteiger partial charge in [0.1, 0.15) is 41.6 Å². The van der Waals surface area contributed by atoms with Gasteiger partial charge in [-0.05, 0) is 74.6 Å². The second kappa shape index (κ2) is 15.3. The lowest BCUT2D eigenvalue weighted by molar-refractivity contribution is -0.0852. The normalized spacial score (nSPS) is 21.7. The van der Waals surface area contributed by atoms with Crippen molar-refractivity contribution >= 4 is 23.0 Å². The van der Waals surface area contributed by atoms with Crippen LogP contribution in [0.3, 0.4) is 0 Å². The molecule has 1 aliphatic heterocycles. The van der Waals surface area contributed by atoms with Crippen LogP contribution in [0.25, 0.3) is 11.1 Å². The van der Waals surface area contributed by atoms with Crippen molar-refractivity contribution in [3.05, 3.63) is 65.3 Å². The van der Waals surface area contributed by atoms with Crippen LogP contribution in [0.15, 0.2) is 54.7 Å². The first-order valence-electron chi connectivity index (χ1n) is 16.9. The first-order chi connectivity index (χ1) is 24.4. The minimum atomic E-state index is -0.274. The molecule has 5 heterocycles. The number of hydrogen-bond donors (Lipinski definition) is 1. The van der Waals surface area contributed by atoms with E-state index in [2.05, 4.69) is 60.6 Å². The third-order valence-corrected chi connectivity index (χ3v) is 9.77. The third-order valence-electron chi connectivity index (χ3n) is 9.02. The van der Waals surface area contributed by atoms with Crippen LogP contribution in [0, 0.1) is 11.3 Å². The van der Waals surface area contributed by atoms with Gasteiger partial charge < -0.3 is 19.5 Å². The number of nitriles is 1. The van der Waals surface area contributed by atoms with Crippen molar-refractivity contribution in [2.24, 2.45) is 0 Å². The standard InChI is InChI=1S/C34H40N12O3S/c1-22-16-44(17-23(2)48-22)28-6-8-29(9-7-28)46-19-30(33(41-46)47-20-32-36-10-11-50-32)40-34-37-14-27(15-38-34)25-4-5-26(13-35)31(12-25)49-24(3)18-45-21-39-42-43-45/h4-5,10-12,14-15,19,21-24,28-29H,6-9,16-18,20H2,1-3H3,(H,37,38,40)/t22-,23+,24-,28-,29-/m0/s1. The number of ether oxygens (including phenoxy) is 3. The molecule has 2 fully saturated rings. The Hall–Kier alpha value is -4.98. The van der Waals surface area contributed by atoms with E-state index in [9.17, 15) is 5.26 Å². The summed E-state index contributed by atoms with van der Waals surface area (Å²) in [4.78, 5) is 16.2. The molecule has 50 heavy (non-hydrogen) atoms. The molecule has 2 aliphatic rings. The number of anilines is 2. The van der Waals surface area contributed by atoms with Crippen molar-refractivity contribution in [2.45, 2.75) is 90.0 Å². The fourth-order valence-corrected chi connectivity index (χ4v) is 7.28. The van der Waals surface area contributed by atoms with E-state index in [1.165, 1.54) is 6.33 Å². The van der Waals surface area contributed by atoms with Crippen molar-refractivity contribution in [3.8, 4) is 28.8 Å². The summed E-state index contributed by atoms with van der Waals surface area (Å²) in [5.74, 6) is 1.35. The fraction of sp³-hybridized carbons (Fsp3) is 0.471. The fourth-order valence-electron chi connectivity index (χ4n) is 6.75. The highest BCUT2D eigenvalue weighted by Gasteiger charge is 2.32. The molecule has 15 nitrogen and oxygen atoms in total. The molecule has 1 aliphatic carbocycles. The molecular weight excluding hydrogens is 657 g/mol. The smallest absolute Gasteiger partial charge is 0.257 e. The van der Waals surface area contributed by atoms with Crippen LogP contribution in [0.2, 0.25) is 0 Å². The molecule has 4 aromatic heterocycles. The van der Waals surface area contributed by atoms with Crippen molar-refractivity contribution in [2.75, 3.05) is 18.4 Å². The van der Waals surface area contributed by atoms with E-state index in [0.717, 1.165) is 54.9 Å². The number of hydrogen-bond acceptors (Lipinski definition) is 14. The highest BCUT2D eigenvalue weighted by molar-refractivity contribution is 7.09. The Morgan fingerprint density at radius 1 is 1.06 bits per heavy atom. The predicted molar refractivity (Wildman–Crippen MR) is 185 cm³/mol. The number of nitrogens with zero attached hydrogens (tertiary/aromatic N) is 11. The SMILES string of the molecule is C[C@@H]1CN([C@H]2CC[C@H](n3cc(Nc4ncc(-c5ccc(C#N)c(O[C@@H](C)Cn6cnnn6)c5)cn4)c(OCc4nccs4)n3)CC2)C[C@H](C)O1. The summed E-state index contributed by atoms with van der Waals surface area (Å²) in [5.41, 5.74) is 2.71. The average molecular weight is 697 g/mol. The van der Waals surface area contributed by atoms with Gasteiger partial charge in [0.15, 0.2) is 0 Å². The zero-order chi connectivity index (χ0) is 34.5. The van der Waals surface area contributed by atoms with Gasteiger partial charge in [-0.25, -0.2) is 19.6 Å². The van der Waals surface area contributed by atoms with Crippen molar-refractivity contribution in [1.29, 1.82) is 5.26 Å². The summed E-state index contributed by atoms with van der Waals surface area (Å²) in [5, 5.41) is 31.9. The quantitative estimate of drug-likeness (QED) is 0.185. The summed E-state index contributed by atoms with van der Waals surface area (Å²) in [6.45, 7) is 8.97. The van der Waals surface area contributed by atoms with Crippen LogP contribution in [-0.4, -0.2) is 87.3 Å². The minimum Gasteiger partial charge on any atom is -0.487 e. The van der Waals surface area contributed by atoms with E-state index in [1.54, 1.807) is 40.7 Å². The van der Waals surface area contributed by atoms with Gasteiger partial charge in [-0.2, -0.15) is 5.26 Å². The third kappa shape index (κ3) is 8.07. The van der Waals surface area contributed by atoms with Crippen LogP contribution in [0.1, 0.15) is 63.1 Å². The van der Waals surface area contributed by atoms with Crippen molar-refractivity contribution in [3.63, 3.8) is 0 Å². The average Bonchev–Trinajstić information content (AvgIpc) is 3.91. The van der Waals surface area contributed by atoms with Crippen molar-refractivity contribution in [1.82, 2.24) is 49.8 Å². The Bertz CT molecular complexity index is 1860. The molecule has 0 bridgehead atoms. The maximum Gasteiger partial charge on any atom is 0.257 e. The van der Waals surface area contributed by atoms with Crippen molar-refractivity contribution < 1.29 is 14.2 Å². The summed E-state index contributed by atoms with van der Waals surface area (Å²) in [6, 6.07) is 8.45. The number of thiazole rings is 1. The van der Waals surface area contributed by atoms with Gasteiger partial charge in [-0.3, -0.25) is 9.58 Å². The Kier molecular flexibility index (Phi) is 10.2. The molecule has 1 saturated heterocycles. The zero-order valence-electron chi connectivity index (χ0n) is 28.3. The summed E-state index contributed by atoms with van der Waals surface area (Å²) in [6.07, 6.45) is 13.3. The Balaban J connectivity index is 1.04. The van der Waals surface area contributed by atoms with Gasteiger partial charge >= 0.3 is 0 Å². The summed E-state index contributed by atoms with van der Waals surface area (Å²) in [7, 11) is 0. The molecule has 5 aromatic rings. The maximum absolute atomic E-state index is 9.68. The molecule has 3 atom stereocenters. The molecule has 260 valence electrons. The number of nitrogens with one attached hydrogen (secondary N) is 1. The number of morpholine rings is 1. The first kappa shape index (κ1) is 33.5. The molecule has 7 rings (SSSR count). The van der Waals surface area contributed by atoms with Gasteiger partial charge in [-0.1, -0.05) is 6.07 Å². The molecule has 0 unspecified atom stereocenters. The van der Waals surface area contributed by atoms with E-state index in [1.807, 2.05) is 35.3 Å². The lowest BCUT2D eigenvalue weighted by atomic mass is 9.89. The first-order valence-corrected chi connectivity index (χ1v) is 17.8. The largest absolute Gasteiger partial charge is 0.487 e. The number of tetrazole rings is 1. The van der Waals surface area contributed by atoms with E-state index < -0.39 is 0 Å². The molecular formula is C34H40N12O3S. The molecule has 0 radical (unpaired) electrons. The second-order valence-electron chi connectivity index (χ2n) is 12.9. The highest BCUT2D eigenvalue weighted by Crippen LogP contribution is 2.36. The maximum atomic E-state index is 9.68. The van der Waals surface area contributed by atoms with E-state index in [-0.39, 0.29) is 24.4 Å². The molecule has 1 saturated carbocycles. The van der Waals surface area contributed by atoms with E-state index in [4.69, 9.17) is 19.3 Å². The van der Waals surface area contributed by atoms with Gasteiger partial charge in [-0.15, -0.1) is 21.5 Å². The van der Waals surface area contributed by atoms with Crippen LogP contribution in [0.5, 0.6) is 11.6 Å². The Labute approximate surface area is 294 Å². The zero-order valence-corrected chi connectivity index (χ0v) is 29.1. The summed E-state index contributed by atoms with van der Waals surface area (Å²) < 4.78 is 21.9. The monoisotopic (exact) mass is 696 g/mol. The topological polar surface area (TPSA) is 167 Å². The molecule has 0 spiro atoms. The Morgan fingerprint density at radius 2 is 1.84 bits per heavy atom. The highest BCUT2D eigenvalue weighted by atomic mass is 32.1. The van der Waals surface area contributed by atoms with Gasteiger partial charge in [0.25, 0.3) is 5.88 Å². The predicted octanol–water partition coefficient (Wildman–Crippen LogP) is 5.04. The van der Waals surface area contributed by atoms with Gasteiger partial charge in [0.05, 0.1) is 36.6 Å². The Morgan fingerprint density at radius 3 is 2.54 bits per heavy atom. The van der Waals surface area contributed by atoms with Crippen LogP contribution < -0.4 is 14.8 Å².